The molecule has 4 heteroatoms. The van der Waals surface area contributed by atoms with Crippen molar-refractivity contribution in [1.82, 2.24) is 0 Å². The molecular formula is C11H11NO3. The number of hydrogen-bond acceptors (Lipinski definition) is 3. The molecule has 0 saturated heterocycles. The number of hydrogen-bond donors (Lipinski definition) is 1. The molecule has 1 N–H and O–H groups in total. The van der Waals surface area contributed by atoms with Gasteiger partial charge in [-0.15, -0.1) is 0 Å². The normalized spacial score (nSPS) is 9.33. The van der Waals surface area contributed by atoms with E-state index in [1.807, 2.05) is 13.0 Å². The van der Waals surface area contributed by atoms with E-state index in [4.69, 9.17) is 15.1 Å². The second-order valence-electron chi connectivity index (χ2n) is 2.94. The Balaban J connectivity index is 3.04. The van der Waals surface area contributed by atoms with E-state index in [1.165, 1.54) is 0 Å². The number of carbonyl (C=O) groups is 1. The number of ether oxygens (including phenoxy) is 1. The summed E-state index contributed by atoms with van der Waals surface area (Å²) in [4.78, 5) is 10.6. The fourth-order valence-electron chi connectivity index (χ4n) is 1.22. The first-order valence-electron chi connectivity index (χ1n) is 4.55. The molecule has 0 amide bonds. The molecule has 0 heterocycles. The lowest BCUT2D eigenvalue weighted by Crippen LogP contribution is -2.04. The van der Waals surface area contributed by atoms with Crippen LogP contribution in [0.4, 0.5) is 0 Å². The first-order valence-corrected chi connectivity index (χ1v) is 4.55. The summed E-state index contributed by atoms with van der Waals surface area (Å²) >= 11 is 0. The minimum absolute atomic E-state index is 0.0962. The largest absolute Gasteiger partial charge is 0.494 e. The lowest BCUT2D eigenvalue weighted by atomic mass is 10.1. The molecule has 0 aliphatic carbocycles. The molecule has 1 aromatic rings. The molecule has 0 aliphatic rings. The van der Waals surface area contributed by atoms with Crippen LogP contribution < -0.4 is 4.74 Å². The Bertz CT molecular complexity index is 407. The highest BCUT2D eigenvalue weighted by Crippen LogP contribution is 2.20. The molecule has 0 unspecified atom stereocenters. The molecule has 0 bridgehead atoms. The van der Waals surface area contributed by atoms with Gasteiger partial charge in [0.15, 0.2) is 0 Å². The minimum Gasteiger partial charge on any atom is -0.494 e. The number of carboxylic acid groups (broad SMARTS) is 1. The third-order valence-electron chi connectivity index (χ3n) is 1.84. The highest BCUT2D eigenvalue weighted by atomic mass is 16.5. The van der Waals surface area contributed by atoms with Gasteiger partial charge in [-0.25, -0.2) is 0 Å². The van der Waals surface area contributed by atoms with Crippen LogP contribution in [0.3, 0.4) is 0 Å². The Morgan fingerprint density at radius 2 is 2.33 bits per heavy atom. The average molecular weight is 205 g/mol. The SMILES string of the molecule is CCOc1cc(C#N)ccc1CC(=O)O. The summed E-state index contributed by atoms with van der Waals surface area (Å²) in [6.45, 7) is 2.26. The molecule has 1 aromatic carbocycles. The summed E-state index contributed by atoms with van der Waals surface area (Å²) in [7, 11) is 0. The van der Waals surface area contributed by atoms with Crippen LogP contribution in [-0.2, 0) is 11.2 Å². The summed E-state index contributed by atoms with van der Waals surface area (Å²) in [6.07, 6.45) is -0.0962. The second-order valence-corrected chi connectivity index (χ2v) is 2.94. The van der Waals surface area contributed by atoms with Crippen molar-refractivity contribution < 1.29 is 14.6 Å². The molecule has 0 spiro atoms. The lowest BCUT2D eigenvalue weighted by molar-refractivity contribution is -0.136. The van der Waals surface area contributed by atoms with Gasteiger partial charge >= 0.3 is 5.97 Å². The van der Waals surface area contributed by atoms with Gasteiger partial charge in [0.1, 0.15) is 5.75 Å². The molecule has 1 rings (SSSR count). The van der Waals surface area contributed by atoms with Crippen LogP contribution in [0.1, 0.15) is 18.1 Å². The molecule has 15 heavy (non-hydrogen) atoms. The standard InChI is InChI=1S/C11H11NO3/c1-2-15-10-5-8(7-12)3-4-9(10)6-11(13)14/h3-5H,2,6H2,1H3,(H,13,14). The third-order valence-corrected chi connectivity index (χ3v) is 1.84. The molecular weight excluding hydrogens is 194 g/mol. The predicted molar refractivity (Wildman–Crippen MR) is 53.7 cm³/mol. The van der Waals surface area contributed by atoms with Crippen LogP contribution in [0.2, 0.25) is 0 Å². The van der Waals surface area contributed by atoms with Crippen molar-refractivity contribution in [3.05, 3.63) is 29.3 Å². The summed E-state index contributed by atoms with van der Waals surface area (Å²) in [5, 5.41) is 17.3. The van der Waals surface area contributed by atoms with Gasteiger partial charge in [0.2, 0.25) is 0 Å². The average Bonchev–Trinajstić information content (AvgIpc) is 2.20. The molecule has 0 radical (unpaired) electrons. The molecule has 78 valence electrons. The summed E-state index contributed by atoms with van der Waals surface area (Å²) in [5.41, 5.74) is 1.05. The number of rotatable bonds is 4. The van der Waals surface area contributed by atoms with Gasteiger partial charge in [-0.2, -0.15) is 5.26 Å². The summed E-state index contributed by atoms with van der Waals surface area (Å²) in [6, 6.07) is 6.73. The Labute approximate surface area is 87.7 Å². The van der Waals surface area contributed by atoms with E-state index in [2.05, 4.69) is 0 Å². The number of nitrogens with zero attached hydrogens (tertiary/aromatic N) is 1. The van der Waals surface area contributed by atoms with Crippen molar-refractivity contribution in [1.29, 1.82) is 5.26 Å². The number of aliphatic carboxylic acids is 1. The first kappa shape index (κ1) is 11.1. The van der Waals surface area contributed by atoms with Crippen LogP contribution in [0, 0.1) is 11.3 Å². The lowest BCUT2D eigenvalue weighted by Gasteiger charge is -2.08. The van der Waals surface area contributed by atoms with Crippen LogP contribution >= 0.6 is 0 Å². The zero-order valence-corrected chi connectivity index (χ0v) is 8.36. The van der Waals surface area contributed by atoms with Crippen LogP contribution in [-0.4, -0.2) is 17.7 Å². The maximum absolute atomic E-state index is 10.6. The van der Waals surface area contributed by atoms with Crippen molar-refractivity contribution in [2.75, 3.05) is 6.61 Å². The van der Waals surface area contributed by atoms with E-state index in [-0.39, 0.29) is 6.42 Å². The van der Waals surface area contributed by atoms with Gasteiger partial charge < -0.3 is 9.84 Å². The molecule has 4 nitrogen and oxygen atoms in total. The first-order chi connectivity index (χ1) is 7.17. The van der Waals surface area contributed by atoms with Crippen molar-refractivity contribution in [3.8, 4) is 11.8 Å². The predicted octanol–water partition coefficient (Wildman–Crippen LogP) is 1.58. The van der Waals surface area contributed by atoms with E-state index in [9.17, 15) is 4.79 Å². The molecule has 0 saturated carbocycles. The molecule has 0 aromatic heterocycles. The fourth-order valence-corrected chi connectivity index (χ4v) is 1.22. The highest BCUT2D eigenvalue weighted by molar-refractivity contribution is 5.71. The Hall–Kier alpha value is -2.02. The zero-order chi connectivity index (χ0) is 11.3. The zero-order valence-electron chi connectivity index (χ0n) is 8.36. The summed E-state index contributed by atoms with van der Waals surface area (Å²) in [5.74, 6) is -0.445. The fraction of sp³-hybridized carbons (Fsp3) is 0.273. The quantitative estimate of drug-likeness (QED) is 0.810. The monoisotopic (exact) mass is 205 g/mol. The Kier molecular flexibility index (Phi) is 3.69. The van der Waals surface area contributed by atoms with E-state index < -0.39 is 5.97 Å². The maximum atomic E-state index is 10.6. The molecule has 0 atom stereocenters. The Morgan fingerprint density at radius 3 is 2.87 bits per heavy atom. The number of benzene rings is 1. The molecule has 0 fully saturated rings. The highest BCUT2D eigenvalue weighted by Gasteiger charge is 2.08. The third kappa shape index (κ3) is 2.99. The smallest absolute Gasteiger partial charge is 0.307 e. The van der Waals surface area contributed by atoms with Gasteiger partial charge in [-0.3, -0.25) is 4.79 Å². The van der Waals surface area contributed by atoms with E-state index in [0.29, 0.717) is 23.5 Å². The number of carboxylic acids is 1. The van der Waals surface area contributed by atoms with E-state index in [0.717, 1.165) is 0 Å². The topological polar surface area (TPSA) is 70.3 Å². The molecule has 0 aliphatic heterocycles. The second kappa shape index (κ2) is 5.01. The Morgan fingerprint density at radius 1 is 1.60 bits per heavy atom. The van der Waals surface area contributed by atoms with Crippen LogP contribution in [0.25, 0.3) is 0 Å². The number of nitriles is 1. The van der Waals surface area contributed by atoms with Crippen LogP contribution in [0.5, 0.6) is 5.75 Å². The van der Waals surface area contributed by atoms with Crippen LogP contribution in [0.15, 0.2) is 18.2 Å². The summed E-state index contributed by atoms with van der Waals surface area (Å²) < 4.78 is 5.27. The van der Waals surface area contributed by atoms with E-state index in [1.54, 1.807) is 18.2 Å². The maximum Gasteiger partial charge on any atom is 0.307 e. The van der Waals surface area contributed by atoms with Gasteiger partial charge in [0.25, 0.3) is 0 Å². The van der Waals surface area contributed by atoms with Gasteiger partial charge in [-0.05, 0) is 19.1 Å². The van der Waals surface area contributed by atoms with Crippen molar-refractivity contribution in [2.24, 2.45) is 0 Å². The van der Waals surface area contributed by atoms with Crippen molar-refractivity contribution in [2.45, 2.75) is 13.3 Å². The minimum atomic E-state index is -0.916. The van der Waals surface area contributed by atoms with Gasteiger partial charge in [0, 0.05) is 5.56 Å². The van der Waals surface area contributed by atoms with E-state index >= 15 is 0 Å². The van der Waals surface area contributed by atoms with Gasteiger partial charge in [0.05, 0.1) is 24.7 Å². The van der Waals surface area contributed by atoms with Crippen molar-refractivity contribution in [3.63, 3.8) is 0 Å². The van der Waals surface area contributed by atoms with Gasteiger partial charge in [-0.1, -0.05) is 6.07 Å². The van der Waals surface area contributed by atoms with Crippen molar-refractivity contribution >= 4 is 5.97 Å².